The summed E-state index contributed by atoms with van der Waals surface area (Å²) in [5, 5.41) is 6.94. The Balaban J connectivity index is 1.38. The Kier molecular flexibility index (Phi) is 7.34. The van der Waals surface area contributed by atoms with E-state index in [-0.39, 0.29) is 6.04 Å². The van der Waals surface area contributed by atoms with Gasteiger partial charge in [0, 0.05) is 38.7 Å². The second-order valence-corrected chi connectivity index (χ2v) is 7.83. The number of ether oxygens (including phenoxy) is 1. The summed E-state index contributed by atoms with van der Waals surface area (Å²) in [7, 11) is 3.50. The highest BCUT2D eigenvalue weighted by Gasteiger charge is 2.23. The zero-order valence-electron chi connectivity index (χ0n) is 18.7. The summed E-state index contributed by atoms with van der Waals surface area (Å²) in [6.45, 7) is 3.68. The minimum absolute atomic E-state index is 0.288. The van der Waals surface area contributed by atoms with Crippen LogP contribution in [-0.2, 0) is 6.54 Å². The number of pyridine rings is 1. The fourth-order valence-electron chi connectivity index (χ4n) is 4.04. The van der Waals surface area contributed by atoms with Crippen LogP contribution in [0.2, 0.25) is 0 Å². The SMILES string of the molecule is CN=C(NCc1ccnc(-n2ccnc2)c1)NCC(c1ccc(OC)cc1)N1CCCC1. The molecule has 32 heavy (non-hydrogen) atoms. The Bertz CT molecular complexity index is 995. The predicted molar refractivity (Wildman–Crippen MR) is 126 cm³/mol. The number of aliphatic imine (C=N–C) groups is 1. The number of benzene rings is 1. The van der Waals surface area contributed by atoms with Crippen molar-refractivity contribution in [2.24, 2.45) is 4.99 Å². The van der Waals surface area contributed by atoms with Crippen molar-refractivity contribution in [3.8, 4) is 11.6 Å². The quantitative estimate of drug-likeness (QED) is 0.420. The summed E-state index contributed by atoms with van der Waals surface area (Å²) in [6, 6.07) is 12.7. The lowest BCUT2D eigenvalue weighted by Crippen LogP contribution is -2.42. The van der Waals surface area contributed by atoms with Gasteiger partial charge in [-0.1, -0.05) is 12.1 Å². The molecular formula is C24H31N7O. The van der Waals surface area contributed by atoms with Gasteiger partial charge in [0.15, 0.2) is 5.96 Å². The maximum absolute atomic E-state index is 5.33. The Morgan fingerprint density at radius 3 is 2.62 bits per heavy atom. The average molecular weight is 434 g/mol. The molecule has 0 radical (unpaired) electrons. The number of guanidine groups is 1. The molecule has 2 N–H and O–H groups in total. The maximum Gasteiger partial charge on any atom is 0.191 e. The van der Waals surface area contributed by atoms with E-state index in [1.54, 1.807) is 26.7 Å². The van der Waals surface area contributed by atoms with Gasteiger partial charge in [0.2, 0.25) is 0 Å². The number of hydrogen-bond acceptors (Lipinski definition) is 5. The predicted octanol–water partition coefficient (Wildman–Crippen LogP) is 2.78. The van der Waals surface area contributed by atoms with Gasteiger partial charge in [0.1, 0.15) is 17.9 Å². The third-order valence-electron chi connectivity index (χ3n) is 5.81. The fraction of sp³-hybridized carbons (Fsp3) is 0.375. The lowest BCUT2D eigenvalue weighted by molar-refractivity contribution is 0.245. The average Bonchev–Trinajstić information content (AvgIpc) is 3.57. The summed E-state index contributed by atoms with van der Waals surface area (Å²) >= 11 is 0. The molecule has 8 nitrogen and oxygen atoms in total. The molecule has 1 aliphatic rings. The molecule has 0 aliphatic carbocycles. The van der Waals surface area contributed by atoms with E-state index in [2.05, 4.69) is 42.6 Å². The monoisotopic (exact) mass is 433 g/mol. The topological polar surface area (TPSA) is 79.6 Å². The Morgan fingerprint density at radius 1 is 1.12 bits per heavy atom. The number of rotatable bonds is 8. The molecule has 0 saturated carbocycles. The zero-order valence-corrected chi connectivity index (χ0v) is 18.7. The Morgan fingerprint density at radius 2 is 1.94 bits per heavy atom. The third-order valence-corrected chi connectivity index (χ3v) is 5.81. The first kappa shape index (κ1) is 21.8. The van der Waals surface area contributed by atoms with Gasteiger partial charge in [-0.05, 0) is 61.3 Å². The number of imidazole rings is 1. The highest BCUT2D eigenvalue weighted by molar-refractivity contribution is 5.79. The van der Waals surface area contributed by atoms with E-state index in [9.17, 15) is 0 Å². The minimum Gasteiger partial charge on any atom is -0.497 e. The molecule has 0 bridgehead atoms. The Hall–Kier alpha value is -3.39. The molecule has 168 valence electrons. The van der Waals surface area contributed by atoms with Gasteiger partial charge in [-0.3, -0.25) is 14.5 Å². The number of nitrogens with zero attached hydrogens (tertiary/aromatic N) is 5. The van der Waals surface area contributed by atoms with Gasteiger partial charge in [-0.25, -0.2) is 9.97 Å². The highest BCUT2D eigenvalue weighted by Crippen LogP contribution is 2.26. The number of nitrogens with one attached hydrogen (secondary N) is 2. The van der Waals surface area contributed by atoms with Crippen LogP contribution < -0.4 is 15.4 Å². The van der Waals surface area contributed by atoms with Crippen LogP contribution in [0.1, 0.15) is 30.0 Å². The van der Waals surface area contributed by atoms with E-state index in [1.807, 2.05) is 41.2 Å². The third kappa shape index (κ3) is 5.45. The van der Waals surface area contributed by atoms with Crippen molar-refractivity contribution in [1.29, 1.82) is 0 Å². The van der Waals surface area contributed by atoms with Crippen LogP contribution in [0.3, 0.4) is 0 Å². The van der Waals surface area contributed by atoms with E-state index in [0.29, 0.717) is 6.54 Å². The van der Waals surface area contributed by atoms with Crippen LogP contribution in [-0.4, -0.2) is 59.2 Å². The molecule has 0 spiro atoms. The molecule has 3 aromatic rings. The summed E-state index contributed by atoms with van der Waals surface area (Å²) in [5.74, 6) is 2.51. The normalized spacial score (nSPS) is 15.5. The summed E-state index contributed by atoms with van der Waals surface area (Å²) in [6.07, 6.45) is 9.70. The molecule has 1 fully saturated rings. The van der Waals surface area contributed by atoms with Gasteiger partial charge < -0.3 is 15.4 Å². The van der Waals surface area contributed by atoms with Crippen molar-refractivity contribution in [3.05, 3.63) is 72.4 Å². The van der Waals surface area contributed by atoms with Gasteiger partial charge in [-0.2, -0.15) is 0 Å². The maximum atomic E-state index is 5.33. The van der Waals surface area contributed by atoms with Crippen LogP contribution >= 0.6 is 0 Å². The van der Waals surface area contributed by atoms with Crippen molar-refractivity contribution in [3.63, 3.8) is 0 Å². The van der Waals surface area contributed by atoms with Crippen LogP contribution in [0.4, 0.5) is 0 Å². The van der Waals surface area contributed by atoms with Crippen LogP contribution in [0, 0.1) is 0 Å². The summed E-state index contributed by atoms with van der Waals surface area (Å²) in [4.78, 5) is 15.5. The molecule has 3 heterocycles. The van der Waals surface area contributed by atoms with Crippen molar-refractivity contribution in [2.75, 3.05) is 33.8 Å². The molecular weight excluding hydrogens is 402 g/mol. The van der Waals surface area contributed by atoms with E-state index < -0.39 is 0 Å². The van der Waals surface area contributed by atoms with Gasteiger partial charge in [-0.15, -0.1) is 0 Å². The fourth-order valence-corrected chi connectivity index (χ4v) is 4.04. The lowest BCUT2D eigenvalue weighted by Gasteiger charge is -2.29. The largest absolute Gasteiger partial charge is 0.497 e. The van der Waals surface area contributed by atoms with Crippen molar-refractivity contribution >= 4 is 5.96 Å². The van der Waals surface area contributed by atoms with Crippen LogP contribution in [0.15, 0.2) is 66.3 Å². The van der Waals surface area contributed by atoms with Crippen LogP contribution in [0.5, 0.6) is 5.75 Å². The molecule has 8 heteroatoms. The number of likely N-dealkylation sites (tertiary alicyclic amines) is 1. The second-order valence-electron chi connectivity index (χ2n) is 7.83. The van der Waals surface area contributed by atoms with Crippen molar-refractivity contribution in [2.45, 2.75) is 25.4 Å². The van der Waals surface area contributed by atoms with Gasteiger partial charge in [0.05, 0.1) is 13.2 Å². The number of aromatic nitrogens is 3. The highest BCUT2D eigenvalue weighted by atomic mass is 16.5. The van der Waals surface area contributed by atoms with Gasteiger partial charge >= 0.3 is 0 Å². The van der Waals surface area contributed by atoms with E-state index in [4.69, 9.17) is 4.74 Å². The molecule has 1 aliphatic heterocycles. The van der Waals surface area contributed by atoms with E-state index in [1.165, 1.54) is 18.4 Å². The molecule has 1 saturated heterocycles. The number of methoxy groups -OCH3 is 1. The number of hydrogen-bond donors (Lipinski definition) is 2. The minimum atomic E-state index is 0.288. The van der Waals surface area contributed by atoms with Gasteiger partial charge in [0.25, 0.3) is 0 Å². The first-order valence-electron chi connectivity index (χ1n) is 11.0. The van der Waals surface area contributed by atoms with E-state index >= 15 is 0 Å². The van der Waals surface area contributed by atoms with Crippen molar-refractivity contribution < 1.29 is 4.74 Å². The van der Waals surface area contributed by atoms with Crippen molar-refractivity contribution in [1.82, 2.24) is 30.1 Å². The molecule has 0 amide bonds. The lowest BCUT2D eigenvalue weighted by atomic mass is 10.1. The summed E-state index contributed by atoms with van der Waals surface area (Å²) < 4.78 is 7.22. The molecule has 1 aromatic carbocycles. The molecule has 4 rings (SSSR count). The Labute approximate surface area is 189 Å². The molecule has 1 unspecified atom stereocenters. The molecule has 1 atom stereocenters. The first-order chi connectivity index (χ1) is 15.8. The second kappa shape index (κ2) is 10.8. The first-order valence-corrected chi connectivity index (χ1v) is 11.0. The molecule has 2 aromatic heterocycles. The zero-order chi connectivity index (χ0) is 22.2. The smallest absolute Gasteiger partial charge is 0.191 e. The standard InChI is InChI=1S/C24H31N7O/c1-25-24(28-16-19-9-10-27-23(15-19)31-14-11-26-18-31)29-17-22(30-12-3-4-13-30)20-5-7-21(32-2)8-6-20/h5-11,14-15,18,22H,3-4,12-13,16-17H2,1-2H3,(H2,25,28,29). The van der Waals surface area contributed by atoms with Crippen LogP contribution in [0.25, 0.3) is 5.82 Å². The summed E-state index contributed by atoms with van der Waals surface area (Å²) in [5.41, 5.74) is 2.41. The van der Waals surface area contributed by atoms with E-state index in [0.717, 1.165) is 42.7 Å².